The Morgan fingerprint density at radius 3 is 3.00 bits per heavy atom. The molecule has 0 saturated carbocycles. The normalized spacial score (nSPS) is 12.4. The van der Waals surface area contributed by atoms with Gasteiger partial charge in [0.25, 0.3) is 0 Å². The van der Waals surface area contributed by atoms with E-state index in [2.05, 4.69) is 51.0 Å². The van der Waals surface area contributed by atoms with Crippen LogP contribution >= 0.6 is 11.3 Å². The van der Waals surface area contributed by atoms with Crippen molar-refractivity contribution in [3.05, 3.63) is 59.4 Å². The van der Waals surface area contributed by atoms with Gasteiger partial charge in [0.1, 0.15) is 0 Å². The molecule has 0 saturated heterocycles. The highest BCUT2D eigenvalue weighted by atomic mass is 32.1. The van der Waals surface area contributed by atoms with Crippen LogP contribution in [-0.2, 0) is 6.54 Å². The highest BCUT2D eigenvalue weighted by Crippen LogP contribution is 2.26. The Hall–Kier alpha value is -1.98. The summed E-state index contributed by atoms with van der Waals surface area (Å²) in [5.74, 6) is 0. The molecule has 0 aromatic carbocycles. The number of nitrogens with zero attached hydrogens (tertiary/aromatic N) is 2. The second-order valence-corrected chi connectivity index (χ2v) is 5.58. The summed E-state index contributed by atoms with van der Waals surface area (Å²) >= 11 is 1.72. The molecule has 0 amide bonds. The topological polar surface area (TPSA) is 53.6 Å². The van der Waals surface area contributed by atoms with Gasteiger partial charge in [-0.25, -0.2) is 0 Å². The van der Waals surface area contributed by atoms with Crippen molar-refractivity contribution >= 4 is 11.3 Å². The predicted octanol–water partition coefficient (Wildman–Crippen LogP) is 3.38. The monoisotopic (exact) mass is 284 g/mol. The largest absolute Gasteiger partial charge is 0.306 e. The quantitative estimate of drug-likeness (QED) is 0.755. The zero-order chi connectivity index (χ0) is 13.8. The summed E-state index contributed by atoms with van der Waals surface area (Å²) < 4.78 is 0. The summed E-state index contributed by atoms with van der Waals surface area (Å²) in [6.45, 7) is 2.92. The first-order valence-electron chi connectivity index (χ1n) is 6.54. The van der Waals surface area contributed by atoms with E-state index in [9.17, 15) is 0 Å². The van der Waals surface area contributed by atoms with Gasteiger partial charge in [-0.2, -0.15) is 5.10 Å². The second-order valence-electron chi connectivity index (χ2n) is 4.64. The Kier molecular flexibility index (Phi) is 3.90. The van der Waals surface area contributed by atoms with Crippen LogP contribution in [0.4, 0.5) is 0 Å². The van der Waals surface area contributed by atoms with Crippen molar-refractivity contribution in [2.75, 3.05) is 0 Å². The standard InChI is InChI=1S/C15H16N4S/c1-11(12-4-2-6-16-8-12)17-9-13-10-18-19-15(13)14-5-3-7-20-14/h2-8,10-11,17H,9H2,1H3,(H,18,19)/t11-/m0/s1. The zero-order valence-electron chi connectivity index (χ0n) is 11.2. The van der Waals surface area contributed by atoms with E-state index < -0.39 is 0 Å². The Labute approximate surface area is 121 Å². The van der Waals surface area contributed by atoms with Gasteiger partial charge in [-0.3, -0.25) is 10.1 Å². The second kappa shape index (κ2) is 5.98. The molecule has 0 radical (unpaired) electrons. The number of H-pyrrole nitrogens is 1. The molecule has 20 heavy (non-hydrogen) atoms. The van der Waals surface area contributed by atoms with Crippen LogP contribution in [0, 0.1) is 0 Å². The van der Waals surface area contributed by atoms with Gasteiger partial charge in [-0.05, 0) is 30.0 Å². The Balaban J connectivity index is 1.69. The van der Waals surface area contributed by atoms with Crippen molar-refractivity contribution in [1.29, 1.82) is 0 Å². The number of pyridine rings is 1. The van der Waals surface area contributed by atoms with Crippen LogP contribution in [0.1, 0.15) is 24.1 Å². The zero-order valence-corrected chi connectivity index (χ0v) is 12.0. The molecule has 3 aromatic rings. The fraction of sp³-hybridized carbons (Fsp3) is 0.200. The number of nitrogens with one attached hydrogen (secondary N) is 2. The van der Waals surface area contributed by atoms with Crippen LogP contribution in [-0.4, -0.2) is 15.2 Å². The van der Waals surface area contributed by atoms with Crippen molar-refractivity contribution in [2.45, 2.75) is 19.5 Å². The fourth-order valence-electron chi connectivity index (χ4n) is 2.09. The molecule has 5 heteroatoms. The molecular weight excluding hydrogens is 268 g/mol. The van der Waals surface area contributed by atoms with Crippen molar-refractivity contribution < 1.29 is 0 Å². The Morgan fingerprint density at radius 2 is 2.25 bits per heavy atom. The molecule has 4 nitrogen and oxygen atoms in total. The lowest BCUT2D eigenvalue weighted by Gasteiger charge is -2.13. The van der Waals surface area contributed by atoms with Crippen molar-refractivity contribution in [3.8, 4) is 10.6 Å². The number of hydrogen-bond acceptors (Lipinski definition) is 4. The first-order valence-corrected chi connectivity index (χ1v) is 7.42. The van der Waals surface area contributed by atoms with Gasteiger partial charge in [-0.1, -0.05) is 12.1 Å². The predicted molar refractivity (Wildman–Crippen MR) is 81.4 cm³/mol. The van der Waals surface area contributed by atoms with E-state index >= 15 is 0 Å². The lowest BCUT2D eigenvalue weighted by atomic mass is 10.1. The van der Waals surface area contributed by atoms with E-state index in [0.29, 0.717) is 0 Å². The molecule has 0 fully saturated rings. The van der Waals surface area contributed by atoms with E-state index in [4.69, 9.17) is 0 Å². The van der Waals surface area contributed by atoms with Gasteiger partial charge in [0, 0.05) is 30.5 Å². The number of rotatable bonds is 5. The minimum absolute atomic E-state index is 0.259. The molecule has 3 rings (SSSR count). The van der Waals surface area contributed by atoms with E-state index in [-0.39, 0.29) is 6.04 Å². The Bertz CT molecular complexity index is 646. The van der Waals surface area contributed by atoms with Crippen LogP contribution in [0.2, 0.25) is 0 Å². The maximum absolute atomic E-state index is 4.16. The summed E-state index contributed by atoms with van der Waals surface area (Å²) in [6.07, 6.45) is 5.58. The minimum atomic E-state index is 0.259. The van der Waals surface area contributed by atoms with Crippen LogP contribution in [0.15, 0.2) is 48.2 Å². The lowest BCUT2D eigenvalue weighted by Crippen LogP contribution is -2.18. The summed E-state index contributed by atoms with van der Waals surface area (Å²) in [4.78, 5) is 5.37. The van der Waals surface area contributed by atoms with E-state index in [1.54, 1.807) is 17.5 Å². The maximum atomic E-state index is 4.16. The Morgan fingerprint density at radius 1 is 1.30 bits per heavy atom. The van der Waals surface area contributed by atoms with Crippen LogP contribution in [0.25, 0.3) is 10.6 Å². The summed E-state index contributed by atoms with van der Waals surface area (Å²) in [7, 11) is 0. The van der Waals surface area contributed by atoms with Gasteiger partial charge >= 0.3 is 0 Å². The number of aromatic nitrogens is 3. The highest BCUT2D eigenvalue weighted by Gasteiger charge is 2.10. The SMILES string of the molecule is C[C@H](NCc1cn[nH]c1-c1cccs1)c1cccnc1. The number of thiophene rings is 1. The van der Waals surface area contributed by atoms with Gasteiger partial charge < -0.3 is 5.32 Å². The molecule has 0 aliphatic heterocycles. The summed E-state index contributed by atoms with van der Waals surface area (Å²) in [5, 5.41) is 12.8. The first kappa shape index (κ1) is 13.0. The number of hydrogen-bond donors (Lipinski definition) is 2. The van der Waals surface area contributed by atoms with Crippen LogP contribution < -0.4 is 5.32 Å². The molecule has 0 aliphatic rings. The van der Waals surface area contributed by atoms with Gasteiger partial charge in [-0.15, -0.1) is 11.3 Å². The summed E-state index contributed by atoms with van der Waals surface area (Å²) in [5.41, 5.74) is 3.47. The third kappa shape index (κ3) is 2.79. The molecule has 0 aliphatic carbocycles. The third-order valence-corrected chi connectivity index (χ3v) is 4.16. The molecule has 0 unspecified atom stereocenters. The van der Waals surface area contributed by atoms with Gasteiger partial charge in [0.05, 0.1) is 16.8 Å². The molecule has 2 N–H and O–H groups in total. The minimum Gasteiger partial charge on any atom is -0.306 e. The molecule has 0 spiro atoms. The maximum Gasteiger partial charge on any atom is 0.0794 e. The smallest absolute Gasteiger partial charge is 0.0794 e. The van der Waals surface area contributed by atoms with Crippen molar-refractivity contribution in [1.82, 2.24) is 20.5 Å². The van der Waals surface area contributed by atoms with E-state index in [1.165, 1.54) is 16.0 Å². The summed E-state index contributed by atoms with van der Waals surface area (Å²) in [6, 6.07) is 8.46. The van der Waals surface area contributed by atoms with Crippen molar-refractivity contribution in [3.63, 3.8) is 0 Å². The molecule has 102 valence electrons. The average Bonchev–Trinajstić information content (AvgIpc) is 3.16. The average molecular weight is 284 g/mol. The lowest BCUT2D eigenvalue weighted by molar-refractivity contribution is 0.574. The van der Waals surface area contributed by atoms with Crippen LogP contribution in [0.3, 0.4) is 0 Å². The van der Waals surface area contributed by atoms with Crippen LogP contribution in [0.5, 0.6) is 0 Å². The molecule has 1 atom stereocenters. The third-order valence-electron chi connectivity index (χ3n) is 3.27. The van der Waals surface area contributed by atoms with E-state index in [1.807, 2.05) is 18.5 Å². The fourth-order valence-corrected chi connectivity index (χ4v) is 2.85. The first-order chi connectivity index (χ1) is 9.84. The molecule has 0 bridgehead atoms. The molecule has 3 heterocycles. The highest BCUT2D eigenvalue weighted by molar-refractivity contribution is 7.13. The van der Waals surface area contributed by atoms with E-state index in [0.717, 1.165) is 12.2 Å². The van der Waals surface area contributed by atoms with Gasteiger partial charge in [0.2, 0.25) is 0 Å². The molecular formula is C15H16N4S. The molecule has 3 aromatic heterocycles. The van der Waals surface area contributed by atoms with Crippen molar-refractivity contribution in [2.24, 2.45) is 0 Å². The number of aromatic amines is 1. The van der Waals surface area contributed by atoms with Gasteiger partial charge in [0.15, 0.2) is 0 Å².